The molecule has 3 aromatic rings. The van der Waals surface area contributed by atoms with E-state index in [1.165, 1.54) is 11.8 Å². The Morgan fingerprint density at radius 1 is 0.971 bits per heavy atom. The number of benzene rings is 3. The number of methoxy groups -OCH3 is 1. The predicted octanol–water partition coefficient (Wildman–Crippen LogP) is 5.36. The number of ether oxygens (including phenoxy) is 1. The Morgan fingerprint density at radius 3 is 2.40 bits per heavy atom. The molecule has 3 rings (SSSR count). The fourth-order valence-electron chi connectivity index (χ4n) is 3.78. The van der Waals surface area contributed by atoms with Gasteiger partial charge < -0.3 is 15.0 Å². The van der Waals surface area contributed by atoms with Gasteiger partial charge in [0.2, 0.25) is 11.8 Å². The Morgan fingerprint density at radius 2 is 1.69 bits per heavy atom. The fraction of sp³-hybridized carbons (Fsp3) is 0.286. The van der Waals surface area contributed by atoms with E-state index in [-0.39, 0.29) is 17.6 Å². The molecule has 0 saturated heterocycles. The molecular weight excluding hydrogens is 480 g/mol. The highest BCUT2D eigenvalue weighted by Crippen LogP contribution is 2.21. The number of amides is 2. The third-order valence-electron chi connectivity index (χ3n) is 5.49. The van der Waals surface area contributed by atoms with E-state index in [2.05, 4.69) is 5.32 Å². The number of nitrogens with one attached hydrogen (secondary N) is 1. The maximum absolute atomic E-state index is 13.6. The Hall–Kier alpha value is -2.96. The van der Waals surface area contributed by atoms with Crippen molar-refractivity contribution in [1.29, 1.82) is 0 Å². The first-order valence-corrected chi connectivity index (χ1v) is 13.1. The van der Waals surface area contributed by atoms with E-state index in [1.54, 1.807) is 12.0 Å². The van der Waals surface area contributed by atoms with Crippen LogP contribution >= 0.6 is 23.4 Å². The number of carbonyl (C=O) groups excluding carboxylic acids is 2. The predicted molar refractivity (Wildman–Crippen MR) is 144 cm³/mol. The van der Waals surface area contributed by atoms with E-state index >= 15 is 0 Å². The van der Waals surface area contributed by atoms with Crippen LogP contribution in [0, 0.1) is 0 Å². The lowest BCUT2D eigenvalue weighted by Gasteiger charge is -2.31. The summed E-state index contributed by atoms with van der Waals surface area (Å²) in [6.45, 7) is 2.68. The first-order valence-electron chi connectivity index (χ1n) is 11.6. The fourth-order valence-corrected chi connectivity index (χ4v) is 4.85. The van der Waals surface area contributed by atoms with Gasteiger partial charge in [0.15, 0.2) is 0 Å². The van der Waals surface area contributed by atoms with E-state index < -0.39 is 6.04 Å². The van der Waals surface area contributed by atoms with Crippen LogP contribution in [0.3, 0.4) is 0 Å². The lowest BCUT2D eigenvalue weighted by atomic mass is 10.0. The molecule has 0 bridgehead atoms. The lowest BCUT2D eigenvalue weighted by Crippen LogP contribution is -2.51. The molecular formula is C28H31ClN2O3S. The van der Waals surface area contributed by atoms with Gasteiger partial charge in [-0.2, -0.15) is 0 Å². The van der Waals surface area contributed by atoms with Gasteiger partial charge in [0.05, 0.1) is 12.9 Å². The van der Waals surface area contributed by atoms with Crippen molar-refractivity contribution in [3.05, 3.63) is 101 Å². The summed E-state index contributed by atoms with van der Waals surface area (Å²) in [5.74, 6) is 1.37. The van der Waals surface area contributed by atoms with Crippen molar-refractivity contribution >= 4 is 35.2 Å². The van der Waals surface area contributed by atoms with Crippen LogP contribution in [-0.2, 0) is 28.3 Å². The highest BCUT2D eigenvalue weighted by molar-refractivity contribution is 7.99. The minimum Gasteiger partial charge on any atom is -0.497 e. The summed E-state index contributed by atoms with van der Waals surface area (Å²) in [6, 6.07) is 24.4. The van der Waals surface area contributed by atoms with Gasteiger partial charge in [-0.05, 0) is 47.9 Å². The third-order valence-corrected chi connectivity index (χ3v) is 6.72. The molecule has 0 fully saturated rings. The Labute approximate surface area is 216 Å². The molecule has 0 heterocycles. The van der Waals surface area contributed by atoms with Gasteiger partial charge in [-0.3, -0.25) is 9.59 Å². The van der Waals surface area contributed by atoms with Gasteiger partial charge in [-0.25, -0.2) is 0 Å². The van der Waals surface area contributed by atoms with Crippen LogP contribution in [0.4, 0.5) is 0 Å². The van der Waals surface area contributed by atoms with Gasteiger partial charge >= 0.3 is 0 Å². The first kappa shape index (κ1) is 26.6. The number of thioether (sulfide) groups is 1. The monoisotopic (exact) mass is 510 g/mol. The van der Waals surface area contributed by atoms with E-state index in [0.717, 1.165) is 16.7 Å². The van der Waals surface area contributed by atoms with Crippen LogP contribution in [0.2, 0.25) is 5.02 Å². The third kappa shape index (κ3) is 8.34. The molecule has 2 amide bonds. The van der Waals surface area contributed by atoms with Crippen molar-refractivity contribution in [3.8, 4) is 5.75 Å². The number of hydrogen-bond donors (Lipinski definition) is 1. The SMILES string of the molecule is CCNC(=O)[C@H](Cc1ccccc1)N(Cc1cccc(OC)c1)C(=O)CSCc1cccc(Cl)c1. The van der Waals surface area contributed by atoms with Gasteiger partial charge in [0.25, 0.3) is 0 Å². The average Bonchev–Trinajstić information content (AvgIpc) is 2.87. The number of rotatable bonds is 12. The Balaban J connectivity index is 1.84. The molecule has 0 aliphatic heterocycles. The molecule has 35 heavy (non-hydrogen) atoms. The Bertz CT molecular complexity index is 1110. The average molecular weight is 511 g/mol. The molecule has 7 heteroatoms. The largest absolute Gasteiger partial charge is 0.497 e. The standard InChI is InChI=1S/C28H31ClN2O3S/c1-3-30-28(33)26(17-21-9-5-4-6-10-21)31(18-22-11-8-14-25(16-22)34-2)27(32)20-35-19-23-12-7-13-24(29)15-23/h4-16,26H,3,17-20H2,1-2H3,(H,30,33)/t26-/m0/s1. The van der Waals surface area contributed by atoms with Gasteiger partial charge in [-0.15, -0.1) is 11.8 Å². The molecule has 0 unspecified atom stereocenters. The minimum atomic E-state index is -0.636. The summed E-state index contributed by atoms with van der Waals surface area (Å²) in [4.78, 5) is 28.4. The second-order valence-electron chi connectivity index (χ2n) is 8.10. The van der Waals surface area contributed by atoms with E-state index in [1.807, 2.05) is 85.8 Å². The van der Waals surface area contributed by atoms with Crippen molar-refractivity contribution in [1.82, 2.24) is 10.2 Å². The molecule has 0 saturated carbocycles. The smallest absolute Gasteiger partial charge is 0.243 e. The maximum Gasteiger partial charge on any atom is 0.243 e. The summed E-state index contributed by atoms with van der Waals surface area (Å²) >= 11 is 7.61. The van der Waals surface area contributed by atoms with E-state index in [9.17, 15) is 9.59 Å². The maximum atomic E-state index is 13.6. The van der Waals surface area contributed by atoms with Crippen LogP contribution in [-0.4, -0.2) is 42.2 Å². The number of likely N-dealkylation sites (N-methyl/N-ethyl adjacent to an activating group) is 1. The van der Waals surface area contributed by atoms with Crippen LogP contribution < -0.4 is 10.1 Å². The van der Waals surface area contributed by atoms with Crippen LogP contribution in [0.5, 0.6) is 5.75 Å². The number of carbonyl (C=O) groups is 2. The number of nitrogens with zero attached hydrogens (tertiary/aromatic N) is 1. The van der Waals surface area contributed by atoms with E-state index in [4.69, 9.17) is 16.3 Å². The second kappa shape index (κ2) is 13.8. The lowest BCUT2D eigenvalue weighted by molar-refractivity contribution is -0.139. The zero-order valence-corrected chi connectivity index (χ0v) is 21.6. The van der Waals surface area contributed by atoms with E-state index in [0.29, 0.717) is 36.0 Å². The summed E-state index contributed by atoms with van der Waals surface area (Å²) in [5, 5.41) is 3.59. The molecule has 0 aromatic heterocycles. The van der Waals surface area contributed by atoms with Gasteiger partial charge in [0, 0.05) is 30.3 Å². The molecule has 3 aromatic carbocycles. The van der Waals surface area contributed by atoms with Crippen molar-refractivity contribution in [2.24, 2.45) is 0 Å². The van der Waals surface area contributed by atoms with Crippen molar-refractivity contribution in [3.63, 3.8) is 0 Å². The first-order chi connectivity index (χ1) is 17.0. The van der Waals surface area contributed by atoms with Crippen LogP contribution in [0.25, 0.3) is 0 Å². The highest BCUT2D eigenvalue weighted by atomic mass is 35.5. The molecule has 0 spiro atoms. The zero-order valence-electron chi connectivity index (χ0n) is 20.1. The highest BCUT2D eigenvalue weighted by Gasteiger charge is 2.30. The normalized spacial score (nSPS) is 11.5. The molecule has 0 radical (unpaired) electrons. The topological polar surface area (TPSA) is 58.6 Å². The quantitative estimate of drug-likeness (QED) is 0.356. The Kier molecular flexibility index (Phi) is 10.5. The van der Waals surface area contributed by atoms with Crippen LogP contribution in [0.15, 0.2) is 78.9 Å². The second-order valence-corrected chi connectivity index (χ2v) is 9.52. The van der Waals surface area contributed by atoms with Crippen molar-refractivity contribution < 1.29 is 14.3 Å². The zero-order chi connectivity index (χ0) is 25.0. The van der Waals surface area contributed by atoms with Crippen molar-refractivity contribution in [2.75, 3.05) is 19.4 Å². The van der Waals surface area contributed by atoms with Crippen molar-refractivity contribution in [2.45, 2.75) is 31.7 Å². The van der Waals surface area contributed by atoms with Gasteiger partial charge in [-0.1, -0.05) is 66.2 Å². The summed E-state index contributed by atoms with van der Waals surface area (Å²) in [6.07, 6.45) is 0.432. The van der Waals surface area contributed by atoms with Gasteiger partial charge in [0.1, 0.15) is 11.8 Å². The molecule has 0 aliphatic rings. The minimum absolute atomic E-state index is 0.0907. The summed E-state index contributed by atoms with van der Waals surface area (Å²) in [7, 11) is 1.61. The molecule has 5 nitrogen and oxygen atoms in total. The summed E-state index contributed by atoms with van der Waals surface area (Å²) < 4.78 is 5.36. The molecule has 0 aliphatic carbocycles. The van der Waals surface area contributed by atoms with Crippen LogP contribution in [0.1, 0.15) is 23.6 Å². The summed E-state index contributed by atoms with van der Waals surface area (Å²) in [5.41, 5.74) is 2.96. The molecule has 184 valence electrons. The number of hydrogen-bond acceptors (Lipinski definition) is 4. The molecule has 1 atom stereocenters. The molecule has 1 N–H and O–H groups in total. The number of halogens is 1.